The van der Waals surface area contributed by atoms with E-state index in [0.29, 0.717) is 0 Å². The molecule has 2 heterocycles. The molecule has 2 atom stereocenters. The zero-order valence-corrected chi connectivity index (χ0v) is 39.7. The average molecular weight is 922 g/mol. The van der Waals surface area contributed by atoms with Crippen LogP contribution in [0.15, 0.2) is 285 Å². The molecule has 2 unspecified atom stereocenters. The first-order valence-electron chi connectivity index (χ1n) is 24.8. The second kappa shape index (κ2) is 20.1. The lowest BCUT2D eigenvalue weighted by atomic mass is 9.82. The Kier molecular flexibility index (Phi) is 12.3. The van der Waals surface area contributed by atoms with Gasteiger partial charge in [-0.3, -0.25) is 5.32 Å². The zero-order valence-electron chi connectivity index (χ0n) is 39.7. The van der Waals surface area contributed by atoms with Crippen molar-refractivity contribution in [1.29, 1.82) is 0 Å². The Morgan fingerprint density at radius 1 is 0.264 bits per heavy atom. The molecule has 0 amide bonds. The van der Waals surface area contributed by atoms with E-state index in [9.17, 15) is 0 Å². The van der Waals surface area contributed by atoms with Gasteiger partial charge in [0, 0.05) is 33.5 Å². The lowest BCUT2D eigenvalue weighted by molar-refractivity contribution is 0.443. The van der Waals surface area contributed by atoms with Crippen LogP contribution < -0.4 is 10.6 Å². The Labute approximate surface area is 422 Å². The van der Waals surface area contributed by atoms with Gasteiger partial charge in [-0.1, -0.05) is 267 Å². The molecular formula is C69H51N3. The minimum Gasteiger partial charge on any atom is -0.366 e. The molecule has 1 aliphatic heterocycles. The van der Waals surface area contributed by atoms with E-state index in [4.69, 9.17) is 4.98 Å². The standard InChI is InChI=1S/C69H51N3/c1-7-21-48(22-8-1)50-37-41-52(42-38-50)62-47-63(71-69(70-62)57-43-39-51(40-44-57)49-23-9-2-10-24-49)60-35-19-33-58(45-60)59-34-20-36-61(46-59)64-65(53-25-11-3-12-26-53)67(55-29-15-5-16-30-55)72-68(56-31-17-6-18-32-56)66(64)54-27-13-4-14-28-54/h1-47,63,69-71H. The Hall–Kier alpha value is -9.15. The van der Waals surface area contributed by atoms with Crippen LogP contribution in [-0.2, 0) is 0 Å². The molecule has 3 heteroatoms. The summed E-state index contributed by atoms with van der Waals surface area (Å²) < 4.78 is 0. The molecule has 0 spiro atoms. The van der Waals surface area contributed by atoms with Crippen LogP contribution in [0.4, 0.5) is 0 Å². The molecule has 0 aliphatic carbocycles. The monoisotopic (exact) mass is 921 g/mol. The number of hydrogen-bond donors (Lipinski definition) is 2. The van der Waals surface area contributed by atoms with Crippen molar-refractivity contribution >= 4 is 5.70 Å². The highest BCUT2D eigenvalue weighted by molar-refractivity contribution is 6.05. The molecule has 12 rings (SSSR count). The minimum atomic E-state index is -0.141. The summed E-state index contributed by atoms with van der Waals surface area (Å²) in [7, 11) is 0. The molecule has 0 saturated carbocycles. The molecule has 0 saturated heterocycles. The van der Waals surface area contributed by atoms with Crippen LogP contribution in [0.25, 0.3) is 95.0 Å². The van der Waals surface area contributed by atoms with Crippen molar-refractivity contribution in [3.8, 4) is 89.3 Å². The van der Waals surface area contributed by atoms with Crippen molar-refractivity contribution in [3.63, 3.8) is 0 Å². The maximum Gasteiger partial charge on any atom is 0.104 e. The van der Waals surface area contributed by atoms with E-state index < -0.39 is 0 Å². The minimum absolute atomic E-state index is 0.0894. The average Bonchev–Trinajstić information content (AvgIpc) is 3.48. The van der Waals surface area contributed by atoms with Crippen molar-refractivity contribution in [1.82, 2.24) is 15.6 Å². The van der Waals surface area contributed by atoms with Gasteiger partial charge in [0.25, 0.3) is 0 Å². The molecule has 0 radical (unpaired) electrons. The number of pyridine rings is 1. The predicted molar refractivity (Wildman–Crippen MR) is 300 cm³/mol. The summed E-state index contributed by atoms with van der Waals surface area (Å²) in [6.45, 7) is 0. The molecule has 342 valence electrons. The van der Waals surface area contributed by atoms with E-state index in [1.807, 2.05) is 0 Å². The molecule has 2 N–H and O–H groups in total. The lowest BCUT2D eigenvalue weighted by Gasteiger charge is -2.33. The van der Waals surface area contributed by atoms with Crippen LogP contribution in [0.5, 0.6) is 0 Å². The van der Waals surface area contributed by atoms with Crippen molar-refractivity contribution < 1.29 is 0 Å². The van der Waals surface area contributed by atoms with E-state index in [1.54, 1.807) is 0 Å². The van der Waals surface area contributed by atoms with Crippen LogP contribution in [0, 0.1) is 0 Å². The summed E-state index contributed by atoms with van der Waals surface area (Å²) in [5, 5.41) is 7.89. The maximum atomic E-state index is 5.67. The summed E-state index contributed by atoms with van der Waals surface area (Å²) >= 11 is 0. The second-order valence-corrected chi connectivity index (χ2v) is 18.3. The van der Waals surface area contributed by atoms with Crippen molar-refractivity contribution in [3.05, 3.63) is 302 Å². The number of benzene rings is 10. The first kappa shape index (κ1) is 44.1. The molecule has 1 aromatic heterocycles. The second-order valence-electron chi connectivity index (χ2n) is 18.3. The third-order valence-electron chi connectivity index (χ3n) is 13.8. The summed E-state index contributed by atoms with van der Waals surface area (Å²) in [6.07, 6.45) is 2.20. The number of aromatic nitrogens is 1. The highest BCUT2D eigenvalue weighted by atomic mass is 15.2. The molecule has 0 fully saturated rings. The van der Waals surface area contributed by atoms with Crippen molar-refractivity contribution in [2.45, 2.75) is 12.2 Å². The zero-order chi connectivity index (χ0) is 48.1. The topological polar surface area (TPSA) is 37.0 Å². The normalized spacial score (nSPS) is 14.2. The van der Waals surface area contributed by atoms with Gasteiger partial charge >= 0.3 is 0 Å². The smallest absolute Gasteiger partial charge is 0.104 e. The fourth-order valence-electron chi connectivity index (χ4n) is 10.2. The van der Waals surface area contributed by atoms with E-state index >= 15 is 0 Å². The fraction of sp³-hybridized carbons (Fsp3) is 0.0290. The lowest BCUT2D eigenvalue weighted by Crippen LogP contribution is -2.39. The van der Waals surface area contributed by atoms with E-state index in [1.165, 1.54) is 33.4 Å². The van der Waals surface area contributed by atoms with Crippen molar-refractivity contribution in [2.75, 3.05) is 0 Å². The van der Waals surface area contributed by atoms with Gasteiger partial charge in [-0.05, 0) is 85.0 Å². The van der Waals surface area contributed by atoms with Crippen LogP contribution in [-0.4, -0.2) is 4.98 Å². The highest BCUT2D eigenvalue weighted by Gasteiger charge is 2.27. The van der Waals surface area contributed by atoms with Crippen molar-refractivity contribution in [2.24, 2.45) is 0 Å². The largest absolute Gasteiger partial charge is 0.366 e. The molecule has 72 heavy (non-hydrogen) atoms. The van der Waals surface area contributed by atoms with Gasteiger partial charge < -0.3 is 5.32 Å². The van der Waals surface area contributed by atoms with Gasteiger partial charge in [-0.2, -0.15) is 0 Å². The van der Waals surface area contributed by atoms with Crippen LogP contribution in [0.1, 0.15) is 28.9 Å². The molecule has 11 aromatic rings. The summed E-state index contributed by atoms with van der Waals surface area (Å²) in [5.74, 6) is 0. The van der Waals surface area contributed by atoms with Crippen LogP contribution >= 0.6 is 0 Å². The number of rotatable bonds is 11. The molecule has 1 aliphatic rings. The summed E-state index contributed by atoms with van der Waals surface area (Å²) in [6, 6.07) is 99.9. The SMILES string of the molecule is C1=C(c2ccc(-c3ccccc3)cc2)NC(c2ccc(-c3ccccc3)cc2)NC1c1cccc(-c2cccc(-c3c(-c4ccccc4)c(-c4ccccc4)nc(-c4ccccc4)c3-c3ccccc3)c2)c1. The van der Waals surface area contributed by atoms with Gasteiger partial charge in [0.15, 0.2) is 0 Å². The molecular weight excluding hydrogens is 871 g/mol. The Balaban J connectivity index is 0.986. The predicted octanol–water partition coefficient (Wildman–Crippen LogP) is 17.4. The molecule has 10 aromatic carbocycles. The number of nitrogens with one attached hydrogen (secondary N) is 2. The van der Waals surface area contributed by atoms with Gasteiger partial charge in [0.1, 0.15) is 6.17 Å². The quantitative estimate of drug-likeness (QED) is 0.136. The summed E-state index contributed by atoms with van der Waals surface area (Å²) in [5.41, 5.74) is 22.4. The van der Waals surface area contributed by atoms with E-state index in [0.717, 1.165) is 78.3 Å². The Morgan fingerprint density at radius 3 is 1.14 bits per heavy atom. The van der Waals surface area contributed by atoms with Crippen LogP contribution in [0.2, 0.25) is 0 Å². The van der Waals surface area contributed by atoms with Gasteiger partial charge in [-0.25, -0.2) is 4.98 Å². The van der Waals surface area contributed by atoms with Gasteiger partial charge in [0.05, 0.1) is 17.4 Å². The molecule has 0 bridgehead atoms. The third-order valence-corrected chi connectivity index (χ3v) is 13.8. The van der Waals surface area contributed by atoms with E-state index in [2.05, 4.69) is 296 Å². The summed E-state index contributed by atoms with van der Waals surface area (Å²) in [4.78, 5) is 5.67. The fourth-order valence-corrected chi connectivity index (χ4v) is 10.2. The highest BCUT2D eigenvalue weighted by Crippen LogP contribution is 2.49. The Morgan fingerprint density at radius 2 is 0.639 bits per heavy atom. The number of nitrogens with zero attached hydrogens (tertiary/aromatic N) is 1. The first-order valence-corrected chi connectivity index (χ1v) is 24.8. The molecule has 3 nitrogen and oxygen atoms in total. The Bertz CT molecular complexity index is 3530. The van der Waals surface area contributed by atoms with Gasteiger partial charge in [-0.15, -0.1) is 0 Å². The van der Waals surface area contributed by atoms with Gasteiger partial charge in [0.2, 0.25) is 0 Å². The third kappa shape index (κ3) is 9.09. The number of hydrogen-bond acceptors (Lipinski definition) is 3. The van der Waals surface area contributed by atoms with Crippen LogP contribution in [0.3, 0.4) is 0 Å². The maximum absolute atomic E-state index is 5.67. The van der Waals surface area contributed by atoms with E-state index in [-0.39, 0.29) is 12.2 Å². The first-order chi connectivity index (χ1) is 35.7.